The Labute approximate surface area is 167 Å². The Morgan fingerprint density at radius 2 is 1.72 bits per heavy atom. The summed E-state index contributed by atoms with van der Waals surface area (Å²) in [7, 11) is 1.55. The Bertz CT molecular complexity index is 1110. The van der Waals surface area contributed by atoms with Crippen LogP contribution in [0.25, 0.3) is 10.8 Å². The Kier molecular flexibility index (Phi) is 5.01. The first-order chi connectivity index (χ1) is 13.9. The maximum absolute atomic E-state index is 14.0. The molecule has 148 valence electrons. The number of nitrogens with one attached hydrogen (secondary N) is 1. The summed E-state index contributed by atoms with van der Waals surface area (Å²) in [6.45, 7) is -0.0201. The molecule has 29 heavy (non-hydrogen) atoms. The molecule has 1 saturated carbocycles. The number of nitrogens with zero attached hydrogens (tertiary/aromatic N) is 1. The van der Waals surface area contributed by atoms with Crippen LogP contribution in [0.5, 0.6) is 0 Å². The molecule has 3 aromatic rings. The zero-order chi connectivity index (χ0) is 20.5. The zero-order valence-corrected chi connectivity index (χ0v) is 15.9. The van der Waals surface area contributed by atoms with E-state index in [2.05, 4.69) is 5.32 Å². The quantitative estimate of drug-likeness (QED) is 0.680. The summed E-state index contributed by atoms with van der Waals surface area (Å²) in [5.41, 5.74) is 0.992. The lowest BCUT2D eigenvalue weighted by molar-refractivity contribution is -0.117. The summed E-state index contributed by atoms with van der Waals surface area (Å²) in [6, 6.07) is 14.4. The molecule has 4 nitrogen and oxygen atoms in total. The third-order valence-electron chi connectivity index (χ3n) is 5.09. The molecule has 0 bridgehead atoms. The highest BCUT2D eigenvalue weighted by atomic mass is 19.1. The van der Waals surface area contributed by atoms with Gasteiger partial charge in [-0.2, -0.15) is 0 Å². The number of anilines is 1. The van der Waals surface area contributed by atoms with Gasteiger partial charge >= 0.3 is 0 Å². The van der Waals surface area contributed by atoms with Gasteiger partial charge in [-0.25, -0.2) is 8.78 Å². The number of benzene rings is 3. The third-order valence-corrected chi connectivity index (χ3v) is 5.09. The molecule has 0 aliphatic heterocycles. The maximum atomic E-state index is 14.0. The number of amides is 2. The number of carbonyl (C=O) groups is 2. The van der Waals surface area contributed by atoms with E-state index >= 15 is 0 Å². The van der Waals surface area contributed by atoms with Gasteiger partial charge in [-0.3, -0.25) is 9.59 Å². The van der Waals surface area contributed by atoms with Gasteiger partial charge in [-0.15, -0.1) is 0 Å². The highest BCUT2D eigenvalue weighted by Crippen LogP contribution is 2.32. The van der Waals surface area contributed by atoms with E-state index in [-0.39, 0.29) is 29.8 Å². The van der Waals surface area contributed by atoms with Crippen LogP contribution in [-0.2, 0) is 11.3 Å². The molecule has 0 unspecified atom stereocenters. The van der Waals surface area contributed by atoms with E-state index < -0.39 is 11.6 Å². The number of rotatable bonds is 5. The van der Waals surface area contributed by atoms with E-state index in [1.165, 1.54) is 11.0 Å². The van der Waals surface area contributed by atoms with Gasteiger partial charge in [-0.05, 0) is 41.8 Å². The van der Waals surface area contributed by atoms with Crippen molar-refractivity contribution in [2.24, 2.45) is 5.92 Å². The van der Waals surface area contributed by atoms with Crippen molar-refractivity contribution in [2.75, 3.05) is 12.4 Å². The summed E-state index contributed by atoms with van der Waals surface area (Å²) in [5.74, 6) is -1.83. The topological polar surface area (TPSA) is 49.4 Å². The minimum atomic E-state index is -0.703. The van der Waals surface area contributed by atoms with E-state index in [4.69, 9.17) is 0 Å². The lowest BCUT2D eigenvalue weighted by Crippen LogP contribution is -2.28. The van der Waals surface area contributed by atoms with Crippen LogP contribution in [-0.4, -0.2) is 23.8 Å². The third kappa shape index (κ3) is 4.11. The monoisotopic (exact) mass is 394 g/mol. The summed E-state index contributed by atoms with van der Waals surface area (Å²) >= 11 is 0. The minimum Gasteiger partial charge on any atom is -0.337 e. The zero-order valence-electron chi connectivity index (χ0n) is 15.9. The van der Waals surface area contributed by atoms with Gasteiger partial charge in [0.05, 0.1) is 11.3 Å². The van der Waals surface area contributed by atoms with Crippen LogP contribution in [0.3, 0.4) is 0 Å². The van der Waals surface area contributed by atoms with E-state index in [0.717, 1.165) is 35.7 Å². The average Bonchev–Trinajstić information content (AvgIpc) is 3.54. The molecule has 1 aliphatic carbocycles. The molecular weight excluding hydrogens is 374 g/mol. The van der Waals surface area contributed by atoms with Gasteiger partial charge in [0.1, 0.15) is 11.6 Å². The molecule has 0 aromatic heterocycles. The van der Waals surface area contributed by atoms with Crippen LogP contribution < -0.4 is 5.32 Å². The largest absolute Gasteiger partial charge is 0.337 e. The van der Waals surface area contributed by atoms with Crippen molar-refractivity contribution in [2.45, 2.75) is 19.4 Å². The van der Waals surface area contributed by atoms with Crippen LogP contribution in [0.15, 0.2) is 54.6 Å². The summed E-state index contributed by atoms with van der Waals surface area (Å²) < 4.78 is 27.1. The molecule has 0 heterocycles. The molecule has 1 aliphatic rings. The molecule has 4 rings (SSSR count). The Morgan fingerprint density at radius 1 is 1.03 bits per heavy atom. The lowest BCUT2D eigenvalue weighted by atomic mass is 10.0. The number of fused-ring (bicyclic) bond motifs is 1. The van der Waals surface area contributed by atoms with Crippen LogP contribution in [0.2, 0.25) is 0 Å². The van der Waals surface area contributed by atoms with Crippen LogP contribution in [0, 0.1) is 17.6 Å². The molecule has 1 N–H and O–H groups in total. The first kappa shape index (κ1) is 19.1. The van der Waals surface area contributed by atoms with Crippen molar-refractivity contribution in [1.29, 1.82) is 0 Å². The highest BCUT2D eigenvalue weighted by molar-refractivity contribution is 6.08. The van der Waals surface area contributed by atoms with E-state index in [0.29, 0.717) is 11.3 Å². The molecule has 0 spiro atoms. The minimum absolute atomic E-state index is 0.00420. The SMILES string of the molecule is CN(Cc1ccc(F)cc1F)C(=O)c1cc2ccccc2cc1NC(=O)C1CC1. The first-order valence-corrected chi connectivity index (χ1v) is 9.45. The second-order valence-electron chi connectivity index (χ2n) is 7.41. The number of hydrogen-bond donors (Lipinski definition) is 1. The lowest BCUT2D eigenvalue weighted by Gasteiger charge is -2.20. The predicted octanol–water partition coefficient (Wildman–Crippen LogP) is 4.74. The van der Waals surface area contributed by atoms with Crippen molar-refractivity contribution < 1.29 is 18.4 Å². The molecule has 1 fully saturated rings. The van der Waals surface area contributed by atoms with Crippen molar-refractivity contribution in [3.05, 3.63) is 77.4 Å². The second-order valence-corrected chi connectivity index (χ2v) is 7.41. The van der Waals surface area contributed by atoms with Gasteiger partial charge < -0.3 is 10.2 Å². The molecule has 0 saturated heterocycles. The van der Waals surface area contributed by atoms with Crippen molar-refractivity contribution >= 4 is 28.3 Å². The Morgan fingerprint density at radius 3 is 2.38 bits per heavy atom. The fraction of sp³-hybridized carbons (Fsp3) is 0.217. The van der Waals surface area contributed by atoms with Gasteiger partial charge in [0.15, 0.2) is 0 Å². The van der Waals surface area contributed by atoms with Gasteiger partial charge in [0, 0.05) is 31.1 Å². The standard InChI is InChI=1S/C23H20F2N2O2/c1-27(13-17-8-9-18(24)12-20(17)25)23(29)19-10-15-4-2-3-5-16(15)11-21(19)26-22(28)14-6-7-14/h2-5,8-12,14H,6-7,13H2,1H3,(H,26,28). The second kappa shape index (κ2) is 7.62. The Hall–Kier alpha value is -3.28. The predicted molar refractivity (Wildman–Crippen MR) is 107 cm³/mol. The molecule has 3 aromatic carbocycles. The van der Waals surface area contributed by atoms with Crippen molar-refractivity contribution in [3.63, 3.8) is 0 Å². The molecular formula is C23H20F2N2O2. The van der Waals surface area contributed by atoms with Gasteiger partial charge in [0.2, 0.25) is 5.91 Å². The summed E-state index contributed by atoms with van der Waals surface area (Å²) in [4.78, 5) is 26.8. The summed E-state index contributed by atoms with van der Waals surface area (Å²) in [6.07, 6.45) is 1.71. The fourth-order valence-electron chi connectivity index (χ4n) is 3.28. The van der Waals surface area contributed by atoms with Crippen LogP contribution >= 0.6 is 0 Å². The fourth-order valence-corrected chi connectivity index (χ4v) is 3.28. The maximum Gasteiger partial charge on any atom is 0.256 e. The van der Waals surface area contributed by atoms with Crippen LogP contribution in [0.1, 0.15) is 28.8 Å². The smallest absolute Gasteiger partial charge is 0.256 e. The number of carbonyl (C=O) groups excluding carboxylic acids is 2. The molecule has 2 amide bonds. The number of halogens is 2. The first-order valence-electron chi connectivity index (χ1n) is 9.45. The highest BCUT2D eigenvalue weighted by Gasteiger charge is 2.30. The number of hydrogen-bond acceptors (Lipinski definition) is 2. The van der Waals surface area contributed by atoms with E-state index in [1.807, 2.05) is 24.3 Å². The van der Waals surface area contributed by atoms with Crippen LogP contribution in [0.4, 0.5) is 14.5 Å². The van der Waals surface area contributed by atoms with Crippen molar-refractivity contribution in [3.8, 4) is 0 Å². The van der Waals surface area contributed by atoms with Gasteiger partial charge in [-0.1, -0.05) is 30.3 Å². The summed E-state index contributed by atoms with van der Waals surface area (Å²) in [5, 5.41) is 4.64. The van der Waals surface area contributed by atoms with Gasteiger partial charge in [0.25, 0.3) is 5.91 Å². The molecule has 0 radical (unpaired) electrons. The Balaban J connectivity index is 1.66. The van der Waals surface area contributed by atoms with E-state index in [1.54, 1.807) is 19.2 Å². The average molecular weight is 394 g/mol. The van der Waals surface area contributed by atoms with E-state index in [9.17, 15) is 18.4 Å². The molecule has 0 atom stereocenters. The van der Waals surface area contributed by atoms with Crippen molar-refractivity contribution in [1.82, 2.24) is 4.90 Å². The normalized spacial score (nSPS) is 13.3. The molecule has 6 heteroatoms.